The summed E-state index contributed by atoms with van der Waals surface area (Å²) in [4.78, 5) is 0. The highest BCUT2D eigenvalue weighted by molar-refractivity contribution is 5.52. The monoisotopic (exact) mass is 277 g/mol. The van der Waals surface area contributed by atoms with Crippen LogP contribution in [-0.4, -0.2) is 27.9 Å². The van der Waals surface area contributed by atoms with Crippen molar-refractivity contribution in [1.29, 1.82) is 0 Å². The van der Waals surface area contributed by atoms with Crippen LogP contribution in [0.2, 0.25) is 0 Å². The fourth-order valence-corrected chi connectivity index (χ4v) is 2.07. The minimum atomic E-state index is 0.0993. The van der Waals surface area contributed by atoms with E-state index < -0.39 is 0 Å². The van der Waals surface area contributed by atoms with E-state index in [2.05, 4.69) is 24.1 Å². The second kappa shape index (κ2) is 8.34. The number of nitrogens with one attached hydrogen (secondary N) is 1. The minimum absolute atomic E-state index is 0.0993. The highest BCUT2D eigenvalue weighted by Crippen LogP contribution is 2.38. The van der Waals surface area contributed by atoms with Crippen LogP contribution in [0.15, 0.2) is 12.1 Å². The van der Waals surface area contributed by atoms with Crippen LogP contribution in [0, 0.1) is 11.8 Å². The Kier molecular flexibility index (Phi) is 6.75. The Morgan fingerprint density at radius 2 is 1.65 bits per heavy atom. The smallest absolute Gasteiger partial charge is 0.164 e. The molecule has 1 N–H and O–H groups in total. The van der Waals surface area contributed by atoms with Gasteiger partial charge in [0.15, 0.2) is 11.5 Å². The van der Waals surface area contributed by atoms with E-state index >= 15 is 0 Å². The summed E-state index contributed by atoms with van der Waals surface area (Å²) in [5.41, 5.74) is 1.02. The first kappa shape index (κ1) is 16.2. The molecular weight excluding hydrogens is 254 g/mol. The van der Waals surface area contributed by atoms with Gasteiger partial charge in [0.2, 0.25) is 0 Å². The van der Waals surface area contributed by atoms with Crippen LogP contribution in [0.3, 0.4) is 0 Å². The molecule has 0 bridgehead atoms. The molecule has 0 aliphatic rings. The zero-order valence-electron chi connectivity index (χ0n) is 12.9. The standard InChI is InChI=1S/C16H23NO3/c1-6-8-9-13(17-7-2)12-10-15(19-4)16(20-5)11-14(12)18-3/h10-11,13,17H,7,9H2,1-5H3. The molecule has 1 aromatic carbocycles. The van der Waals surface area contributed by atoms with Gasteiger partial charge in [0.25, 0.3) is 0 Å². The number of methoxy groups -OCH3 is 3. The largest absolute Gasteiger partial charge is 0.496 e. The summed E-state index contributed by atoms with van der Waals surface area (Å²) in [6.07, 6.45) is 0.718. The number of benzene rings is 1. The van der Waals surface area contributed by atoms with Crippen molar-refractivity contribution in [2.75, 3.05) is 27.9 Å². The lowest BCUT2D eigenvalue weighted by Gasteiger charge is -2.21. The molecular formula is C16H23NO3. The third-order valence-electron chi connectivity index (χ3n) is 3.04. The third-order valence-corrected chi connectivity index (χ3v) is 3.04. The van der Waals surface area contributed by atoms with Crippen molar-refractivity contribution in [2.45, 2.75) is 26.3 Å². The SMILES string of the molecule is CC#CCC(NCC)c1cc(OC)c(OC)cc1OC. The van der Waals surface area contributed by atoms with Gasteiger partial charge in [-0.1, -0.05) is 6.92 Å². The summed E-state index contributed by atoms with van der Waals surface area (Å²) in [7, 11) is 4.89. The topological polar surface area (TPSA) is 39.7 Å². The van der Waals surface area contributed by atoms with E-state index in [1.54, 1.807) is 21.3 Å². The predicted octanol–water partition coefficient (Wildman–Crippen LogP) is 2.78. The highest BCUT2D eigenvalue weighted by Gasteiger charge is 2.18. The van der Waals surface area contributed by atoms with E-state index in [0.717, 1.165) is 24.3 Å². The highest BCUT2D eigenvalue weighted by atomic mass is 16.5. The number of ether oxygens (including phenoxy) is 3. The fraction of sp³-hybridized carbons (Fsp3) is 0.500. The minimum Gasteiger partial charge on any atom is -0.496 e. The molecule has 20 heavy (non-hydrogen) atoms. The van der Waals surface area contributed by atoms with E-state index in [1.165, 1.54) is 0 Å². The van der Waals surface area contributed by atoms with Crippen LogP contribution in [0.5, 0.6) is 17.2 Å². The lowest BCUT2D eigenvalue weighted by atomic mass is 10.0. The van der Waals surface area contributed by atoms with Gasteiger partial charge in [-0.2, -0.15) is 0 Å². The van der Waals surface area contributed by atoms with Crippen LogP contribution in [0.25, 0.3) is 0 Å². The molecule has 1 rings (SSSR count). The van der Waals surface area contributed by atoms with Gasteiger partial charge in [0.05, 0.1) is 21.3 Å². The van der Waals surface area contributed by atoms with Crippen LogP contribution < -0.4 is 19.5 Å². The molecule has 0 heterocycles. The molecule has 0 spiro atoms. The van der Waals surface area contributed by atoms with Gasteiger partial charge in [-0.25, -0.2) is 0 Å². The van der Waals surface area contributed by atoms with Gasteiger partial charge < -0.3 is 19.5 Å². The second-order valence-electron chi connectivity index (χ2n) is 4.19. The van der Waals surface area contributed by atoms with Crippen LogP contribution >= 0.6 is 0 Å². The first-order valence-corrected chi connectivity index (χ1v) is 6.64. The van der Waals surface area contributed by atoms with Crippen molar-refractivity contribution >= 4 is 0 Å². The Hall–Kier alpha value is -1.86. The molecule has 4 nitrogen and oxygen atoms in total. The summed E-state index contributed by atoms with van der Waals surface area (Å²) in [5, 5.41) is 3.42. The maximum Gasteiger partial charge on any atom is 0.164 e. The Balaban J connectivity index is 3.25. The van der Waals surface area contributed by atoms with Crippen molar-refractivity contribution < 1.29 is 14.2 Å². The maximum atomic E-state index is 5.47. The van der Waals surface area contributed by atoms with Gasteiger partial charge in [-0.15, -0.1) is 11.8 Å². The molecule has 0 saturated carbocycles. The Bertz CT molecular complexity index is 488. The molecule has 1 aromatic rings. The summed E-state index contributed by atoms with van der Waals surface area (Å²) in [6, 6.07) is 3.89. The van der Waals surface area contributed by atoms with Crippen LogP contribution in [-0.2, 0) is 0 Å². The van der Waals surface area contributed by atoms with Crippen molar-refractivity contribution in [1.82, 2.24) is 5.32 Å². The van der Waals surface area contributed by atoms with Crippen molar-refractivity contribution in [2.24, 2.45) is 0 Å². The van der Waals surface area contributed by atoms with E-state index in [4.69, 9.17) is 14.2 Å². The third kappa shape index (κ3) is 3.82. The summed E-state index contributed by atoms with van der Waals surface area (Å²) < 4.78 is 16.1. The van der Waals surface area contributed by atoms with Gasteiger partial charge in [0.1, 0.15) is 5.75 Å². The molecule has 0 amide bonds. The maximum absolute atomic E-state index is 5.47. The zero-order chi connectivity index (χ0) is 15.0. The van der Waals surface area contributed by atoms with Gasteiger partial charge >= 0.3 is 0 Å². The summed E-state index contributed by atoms with van der Waals surface area (Å²) >= 11 is 0. The molecule has 0 radical (unpaired) electrons. The number of hydrogen-bond acceptors (Lipinski definition) is 4. The fourth-order valence-electron chi connectivity index (χ4n) is 2.07. The van der Waals surface area contributed by atoms with Gasteiger partial charge in [0, 0.05) is 24.1 Å². The van der Waals surface area contributed by atoms with Crippen molar-refractivity contribution in [3.63, 3.8) is 0 Å². The average molecular weight is 277 g/mol. The molecule has 0 fully saturated rings. The summed E-state index contributed by atoms with van der Waals surface area (Å²) in [6.45, 7) is 4.77. The Morgan fingerprint density at radius 1 is 1.05 bits per heavy atom. The molecule has 1 atom stereocenters. The molecule has 0 aromatic heterocycles. The van der Waals surface area contributed by atoms with Gasteiger partial charge in [-0.05, 0) is 19.5 Å². The quantitative estimate of drug-likeness (QED) is 0.778. The van der Waals surface area contributed by atoms with E-state index in [1.807, 2.05) is 19.1 Å². The normalized spacial score (nSPS) is 11.2. The number of hydrogen-bond donors (Lipinski definition) is 1. The lowest BCUT2D eigenvalue weighted by molar-refractivity contribution is 0.345. The van der Waals surface area contributed by atoms with Gasteiger partial charge in [-0.3, -0.25) is 0 Å². The zero-order valence-corrected chi connectivity index (χ0v) is 12.9. The van der Waals surface area contributed by atoms with Crippen molar-refractivity contribution in [3.8, 4) is 29.1 Å². The molecule has 4 heteroatoms. The molecule has 1 unspecified atom stereocenters. The molecule has 0 saturated heterocycles. The van der Waals surface area contributed by atoms with Crippen LogP contribution in [0.1, 0.15) is 31.9 Å². The molecule has 0 aliphatic carbocycles. The molecule has 0 aliphatic heterocycles. The van der Waals surface area contributed by atoms with E-state index in [-0.39, 0.29) is 6.04 Å². The number of rotatable bonds is 7. The Morgan fingerprint density at radius 3 is 2.15 bits per heavy atom. The molecule has 110 valence electrons. The summed E-state index contributed by atoms with van der Waals surface area (Å²) in [5.74, 6) is 8.15. The van der Waals surface area contributed by atoms with Crippen LogP contribution in [0.4, 0.5) is 0 Å². The lowest BCUT2D eigenvalue weighted by Crippen LogP contribution is -2.21. The average Bonchev–Trinajstić information content (AvgIpc) is 2.50. The predicted molar refractivity (Wildman–Crippen MR) is 80.6 cm³/mol. The second-order valence-corrected chi connectivity index (χ2v) is 4.19. The van der Waals surface area contributed by atoms with Crippen molar-refractivity contribution in [3.05, 3.63) is 17.7 Å². The van der Waals surface area contributed by atoms with E-state index in [9.17, 15) is 0 Å². The Labute approximate surface area is 121 Å². The first-order chi connectivity index (χ1) is 9.71. The first-order valence-electron chi connectivity index (χ1n) is 6.64. The van der Waals surface area contributed by atoms with E-state index in [0.29, 0.717) is 11.5 Å².